The zero-order valence-electron chi connectivity index (χ0n) is 10.6. The van der Waals surface area contributed by atoms with Crippen molar-refractivity contribution in [3.63, 3.8) is 0 Å². The van der Waals surface area contributed by atoms with E-state index in [4.69, 9.17) is 23.2 Å². The van der Waals surface area contributed by atoms with Crippen LogP contribution >= 0.6 is 23.2 Å². The number of non-ortho nitro benzene ring substituents is 1. The highest BCUT2D eigenvalue weighted by atomic mass is 35.5. The summed E-state index contributed by atoms with van der Waals surface area (Å²) in [7, 11) is 0. The van der Waals surface area contributed by atoms with E-state index in [1.54, 1.807) is 6.92 Å². The van der Waals surface area contributed by atoms with Crippen molar-refractivity contribution >= 4 is 40.7 Å². The summed E-state index contributed by atoms with van der Waals surface area (Å²) in [5, 5.41) is 13.4. The molecule has 9 heteroatoms. The molecule has 0 unspecified atom stereocenters. The lowest BCUT2D eigenvalue weighted by Crippen LogP contribution is -2.15. The fourth-order valence-corrected chi connectivity index (χ4v) is 2.04. The number of nitro benzene ring substituents is 1. The number of benzene rings is 1. The van der Waals surface area contributed by atoms with E-state index in [9.17, 15) is 14.9 Å². The van der Waals surface area contributed by atoms with Gasteiger partial charge in [-0.2, -0.15) is 0 Å². The average Bonchev–Trinajstić information content (AvgIpc) is 2.36. The maximum absolute atomic E-state index is 12.0. The molecule has 0 aliphatic rings. The molecule has 0 aliphatic carbocycles. The van der Waals surface area contributed by atoms with Gasteiger partial charge in [0, 0.05) is 28.4 Å². The van der Waals surface area contributed by atoms with Crippen molar-refractivity contribution in [2.24, 2.45) is 0 Å². The average molecular weight is 327 g/mol. The second-order valence-corrected chi connectivity index (χ2v) is 4.89. The Morgan fingerprint density at radius 1 is 1.24 bits per heavy atom. The van der Waals surface area contributed by atoms with E-state index in [1.165, 1.54) is 12.1 Å². The van der Waals surface area contributed by atoms with Crippen LogP contribution < -0.4 is 5.32 Å². The molecule has 2 aromatic rings. The zero-order chi connectivity index (χ0) is 15.6. The summed E-state index contributed by atoms with van der Waals surface area (Å²) in [6.07, 6.45) is 0. The van der Waals surface area contributed by atoms with E-state index >= 15 is 0 Å². The first-order valence-electron chi connectivity index (χ1n) is 5.62. The molecule has 1 aromatic heterocycles. The summed E-state index contributed by atoms with van der Waals surface area (Å²) >= 11 is 11.5. The second kappa shape index (κ2) is 6.02. The Labute approximate surface area is 129 Å². The molecular weight excluding hydrogens is 319 g/mol. The predicted octanol–water partition coefficient (Wildman–Crippen LogP) is 3.25. The number of nitrogens with zero attached hydrogens (tertiary/aromatic N) is 3. The van der Waals surface area contributed by atoms with Crippen LogP contribution in [0.25, 0.3) is 0 Å². The molecule has 0 fully saturated rings. The molecule has 0 bridgehead atoms. The van der Waals surface area contributed by atoms with E-state index in [0.29, 0.717) is 5.69 Å². The van der Waals surface area contributed by atoms with Crippen LogP contribution in [-0.2, 0) is 0 Å². The first kappa shape index (κ1) is 15.1. The Kier molecular flexibility index (Phi) is 4.35. The highest BCUT2D eigenvalue weighted by Gasteiger charge is 2.15. The SMILES string of the molecule is Cc1cc(Cl)nc(NC(=O)c2cc(Cl)cc([N+](=O)[O-])c2)n1. The van der Waals surface area contributed by atoms with Crippen molar-refractivity contribution < 1.29 is 9.72 Å². The molecule has 1 heterocycles. The number of aryl methyl sites for hydroxylation is 1. The Morgan fingerprint density at radius 2 is 1.95 bits per heavy atom. The van der Waals surface area contributed by atoms with Crippen LogP contribution in [0.15, 0.2) is 24.3 Å². The Morgan fingerprint density at radius 3 is 2.57 bits per heavy atom. The number of carbonyl (C=O) groups excluding carboxylic acids is 1. The number of hydrogen-bond donors (Lipinski definition) is 1. The molecule has 21 heavy (non-hydrogen) atoms. The van der Waals surface area contributed by atoms with Crippen molar-refractivity contribution in [2.75, 3.05) is 5.32 Å². The van der Waals surface area contributed by atoms with Gasteiger partial charge in [-0.3, -0.25) is 20.2 Å². The first-order valence-corrected chi connectivity index (χ1v) is 6.38. The van der Waals surface area contributed by atoms with Crippen LogP contribution in [0.2, 0.25) is 10.2 Å². The van der Waals surface area contributed by atoms with Crippen LogP contribution in [0.4, 0.5) is 11.6 Å². The Bertz CT molecular complexity index is 716. The van der Waals surface area contributed by atoms with Crippen LogP contribution in [-0.4, -0.2) is 20.8 Å². The summed E-state index contributed by atoms with van der Waals surface area (Å²) < 4.78 is 0. The molecule has 0 aliphatic heterocycles. The van der Waals surface area contributed by atoms with Gasteiger partial charge in [0.25, 0.3) is 11.6 Å². The Balaban J connectivity index is 2.30. The molecular formula is C12H8Cl2N4O3. The smallest absolute Gasteiger partial charge is 0.271 e. The maximum atomic E-state index is 12.0. The number of nitro groups is 1. The van der Waals surface area contributed by atoms with Gasteiger partial charge >= 0.3 is 0 Å². The molecule has 1 aromatic carbocycles. The third kappa shape index (κ3) is 3.87. The van der Waals surface area contributed by atoms with Crippen molar-refractivity contribution in [1.82, 2.24) is 9.97 Å². The van der Waals surface area contributed by atoms with Crippen LogP contribution in [0.5, 0.6) is 0 Å². The van der Waals surface area contributed by atoms with Crippen molar-refractivity contribution in [2.45, 2.75) is 6.92 Å². The van der Waals surface area contributed by atoms with Gasteiger partial charge in [0.15, 0.2) is 0 Å². The molecule has 108 valence electrons. The van der Waals surface area contributed by atoms with E-state index < -0.39 is 10.8 Å². The number of rotatable bonds is 3. The number of hydrogen-bond acceptors (Lipinski definition) is 5. The fraction of sp³-hybridized carbons (Fsp3) is 0.0833. The van der Waals surface area contributed by atoms with Crippen molar-refractivity contribution in [1.29, 1.82) is 0 Å². The number of nitrogens with one attached hydrogen (secondary N) is 1. The molecule has 2 rings (SSSR count). The molecule has 0 saturated carbocycles. The molecule has 0 atom stereocenters. The minimum absolute atomic E-state index is 0.00706. The van der Waals surface area contributed by atoms with Crippen LogP contribution in [0, 0.1) is 17.0 Å². The van der Waals surface area contributed by atoms with Gasteiger partial charge in [0.2, 0.25) is 5.95 Å². The van der Waals surface area contributed by atoms with E-state index in [1.807, 2.05) is 0 Å². The van der Waals surface area contributed by atoms with Gasteiger partial charge in [0.1, 0.15) is 5.15 Å². The summed E-state index contributed by atoms with van der Waals surface area (Å²) in [4.78, 5) is 30.0. The van der Waals surface area contributed by atoms with Crippen molar-refractivity contribution in [3.8, 4) is 0 Å². The van der Waals surface area contributed by atoms with E-state index in [0.717, 1.165) is 12.1 Å². The zero-order valence-corrected chi connectivity index (χ0v) is 12.1. The lowest BCUT2D eigenvalue weighted by atomic mass is 10.2. The highest BCUT2D eigenvalue weighted by Crippen LogP contribution is 2.21. The van der Waals surface area contributed by atoms with Gasteiger partial charge in [-0.05, 0) is 19.1 Å². The van der Waals surface area contributed by atoms with Gasteiger partial charge in [0.05, 0.1) is 4.92 Å². The third-order valence-electron chi connectivity index (χ3n) is 2.40. The molecule has 0 saturated heterocycles. The highest BCUT2D eigenvalue weighted by molar-refractivity contribution is 6.31. The number of carbonyl (C=O) groups is 1. The van der Waals surface area contributed by atoms with Gasteiger partial charge in [-0.15, -0.1) is 0 Å². The summed E-state index contributed by atoms with van der Waals surface area (Å²) in [5.74, 6) is -0.616. The number of amides is 1. The quantitative estimate of drug-likeness (QED) is 0.530. The molecule has 0 radical (unpaired) electrons. The monoisotopic (exact) mass is 326 g/mol. The summed E-state index contributed by atoms with van der Waals surface area (Å²) in [6, 6.07) is 5.10. The first-order chi connectivity index (χ1) is 9.85. The number of aromatic nitrogens is 2. The standard InChI is InChI=1S/C12H8Cl2N4O3/c1-6-2-10(14)16-12(15-6)17-11(19)7-3-8(13)5-9(4-7)18(20)21/h2-5H,1H3,(H,15,16,17,19). The molecule has 7 nitrogen and oxygen atoms in total. The largest absolute Gasteiger partial charge is 0.290 e. The minimum atomic E-state index is -0.636. The van der Waals surface area contributed by atoms with Gasteiger partial charge < -0.3 is 0 Å². The normalized spacial score (nSPS) is 10.2. The van der Waals surface area contributed by atoms with Gasteiger partial charge in [-0.1, -0.05) is 23.2 Å². The number of anilines is 1. The molecule has 0 spiro atoms. The maximum Gasteiger partial charge on any atom is 0.271 e. The number of halogens is 2. The Hall–Kier alpha value is -2.25. The minimum Gasteiger partial charge on any atom is -0.290 e. The van der Waals surface area contributed by atoms with Crippen molar-refractivity contribution in [3.05, 3.63) is 55.8 Å². The predicted molar refractivity (Wildman–Crippen MR) is 77.8 cm³/mol. The summed E-state index contributed by atoms with van der Waals surface area (Å²) in [5.41, 5.74) is 0.314. The van der Waals surface area contributed by atoms with Crippen LogP contribution in [0.3, 0.4) is 0 Å². The van der Waals surface area contributed by atoms with E-state index in [2.05, 4.69) is 15.3 Å². The fourth-order valence-electron chi connectivity index (χ4n) is 1.57. The topological polar surface area (TPSA) is 98.0 Å². The van der Waals surface area contributed by atoms with Crippen LogP contribution in [0.1, 0.15) is 16.1 Å². The van der Waals surface area contributed by atoms with Gasteiger partial charge in [-0.25, -0.2) is 9.97 Å². The lowest BCUT2D eigenvalue weighted by molar-refractivity contribution is -0.384. The second-order valence-electron chi connectivity index (χ2n) is 4.06. The third-order valence-corrected chi connectivity index (χ3v) is 2.82. The summed E-state index contributed by atoms with van der Waals surface area (Å²) in [6.45, 7) is 1.69. The lowest BCUT2D eigenvalue weighted by Gasteiger charge is -2.05. The molecule has 1 amide bonds. The van der Waals surface area contributed by atoms with E-state index in [-0.39, 0.29) is 27.4 Å². The molecule has 1 N–H and O–H groups in total.